The van der Waals surface area contributed by atoms with Crippen LogP contribution in [0.5, 0.6) is 0 Å². The standard InChI is InChI=1S/C16H19N3O2/c20-15(13-6-2-1-3-7-13)12-19-16(21)10-14(11-17-19)18-8-4-5-9-18/h1-3,6-7,10-11,15,20H,4-5,8-9,12H2. The van der Waals surface area contributed by atoms with Gasteiger partial charge in [-0.1, -0.05) is 30.3 Å². The lowest BCUT2D eigenvalue weighted by Gasteiger charge is -2.18. The number of aromatic nitrogens is 2. The summed E-state index contributed by atoms with van der Waals surface area (Å²) in [4.78, 5) is 14.3. The molecule has 3 rings (SSSR count). The summed E-state index contributed by atoms with van der Waals surface area (Å²) >= 11 is 0. The molecule has 1 atom stereocenters. The SMILES string of the molecule is O=c1cc(N2CCCC2)cnn1CC(O)c1ccccc1. The Kier molecular flexibility index (Phi) is 4.01. The first-order valence-corrected chi connectivity index (χ1v) is 7.29. The maximum absolute atomic E-state index is 12.1. The van der Waals surface area contributed by atoms with Crippen LogP contribution in [0.15, 0.2) is 47.4 Å². The average Bonchev–Trinajstić information content (AvgIpc) is 3.04. The van der Waals surface area contributed by atoms with E-state index in [1.54, 1.807) is 12.3 Å². The van der Waals surface area contributed by atoms with Gasteiger partial charge in [0.2, 0.25) is 0 Å². The predicted molar refractivity (Wildman–Crippen MR) is 81.3 cm³/mol. The molecule has 0 spiro atoms. The third-order valence-electron chi connectivity index (χ3n) is 3.86. The van der Waals surface area contributed by atoms with Crippen LogP contribution in [0, 0.1) is 0 Å². The minimum atomic E-state index is -0.728. The van der Waals surface area contributed by atoms with Crippen LogP contribution in [0.25, 0.3) is 0 Å². The van der Waals surface area contributed by atoms with Gasteiger partial charge in [0.25, 0.3) is 5.56 Å². The van der Waals surface area contributed by atoms with Crippen LogP contribution in [-0.4, -0.2) is 28.0 Å². The van der Waals surface area contributed by atoms with E-state index in [0.29, 0.717) is 0 Å². The van der Waals surface area contributed by atoms with E-state index in [2.05, 4.69) is 10.00 Å². The molecule has 2 aromatic rings. The molecule has 0 amide bonds. The Morgan fingerprint density at radius 2 is 1.90 bits per heavy atom. The Bertz CT molecular complexity index is 648. The normalized spacial score (nSPS) is 16.1. The van der Waals surface area contributed by atoms with Crippen LogP contribution >= 0.6 is 0 Å². The lowest BCUT2D eigenvalue weighted by Crippen LogP contribution is -2.28. The fourth-order valence-electron chi connectivity index (χ4n) is 2.65. The molecule has 0 aliphatic carbocycles. The fraction of sp³-hybridized carbons (Fsp3) is 0.375. The highest BCUT2D eigenvalue weighted by atomic mass is 16.3. The molecule has 21 heavy (non-hydrogen) atoms. The predicted octanol–water partition coefficient (Wildman–Crippen LogP) is 1.58. The molecule has 1 aromatic carbocycles. The Morgan fingerprint density at radius 1 is 1.19 bits per heavy atom. The third-order valence-corrected chi connectivity index (χ3v) is 3.86. The molecule has 0 bridgehead atoms. The van der Waals surface area contributed by atoms with E-state index in [1.807, 2.05) is 30.3 Å². The number of nitrogens with zero attached hydrogens (tertiary/aromatic N) is 3. The number of anilines is 1. The van der Waals surface area contributed by atoms with Gasteiger partial charge in [-0.15, -0.1) is 0 Å². The van der Waals surface area contributed by atoms with Gasteiger partial charge in [0.15, 0.2) is 0 Å². The second kappa shape index (κ2) is 6.10. The highest BCUT2D eigenvalue weighted by molar-refractivity contribution is 5.43. The summed E-state index contributed by atoms with van der Waals surface area (Å²) in [6.45, 7) is 2.14. The number of aliphatic hydroxyl groups excluding tert-OH is 1. The summed E-state index contributed by atoms with van der Waals surface area (Å²) in [5, 5.41) is 14.4. The first-order chi connectivity index (χ1) is 10.2. The summed E-state index contributed by atoms with van der Waals surface area (Å²) in [5.41, 5.74) is 1.49. The lowest BCUT2D eigenvalue weighted by atomic mass is 10.1. The molecular formula is C16H19N3O2. The number of hydrogen-bond donors (Lipinski definition) is 1. The second-order valence-electron chi connectivity index (χ2n) is 5.35. The summed E-state index contributed by atoms with van der Waals surface area (Å²) < 4.78 is 1.32. The van der Waals surface area contributed by atoms with Gasteiger partial charge in [-0.3, -0.25) is 4.79 Å². The quantitative estimate of drug-likeness (QED) is 0.926. The van der Waals surface area contributed by atoms with Crippen molar-refractivity contribution < 1.29 is 5.11 Å². The molecule has 1 fully saturated rings. The van der Waals surface area contributed by atoms with Crippen LogP contribution in [0.4, 0.5) is 5.69 Å². The van der Waals surface area contributed by atoms with Crippen molar-refractivity contribution in [3.05, 3.63) is 58.5 Å². The van der Waals surface area contributed by atoms with E-state index in [1.165, 1.54) is 4.68 Å². The van der Waals surface area contributed by atoms with E-state index in [9.17, 15) is 9.90 Å². The smallest absolute Gasteiger partial charge is 0.268 e. The van der Waals surface area contributed by atoms with Crippen molar-refractivity contribution in [3.63, 3.8) is 0 Å². The Hall–Kier alpha value is -2.14. The molecule has 0 saturated carbocycles. The Morgan fingerprint density at radius 3 is 2.57 bits per heavy atom. The van der Waals surface area contributed by atoms with Crippen molar-refractivity contribution >= 4 is 5.69 Å². The number of rotatable bonds is 4. The van der Waals surface area contributed by atoms with Crippen molar-refractivity contribution in [1.29, 1.82) is 0 Å². The van der Waals surface area contributed by atoms with Crippen molar-refractivity contribution in [2.45, 2.75) is 25.5 Å². The highest BCUT2D eigenvalue weighted by Crippen LogP contribution is 2.17. The van der Waals surface area contributed by atoms with E-state index < -0.39 is 6.10 Å². The molecule has 2 heterocycles. The van der Waals surface area contributed by atoms with Crippen molar-refractivity contribution in [2.75, 3.05) is 18.0 Å². The molecule has 1 aliphatic heterocycles. The van der Waals surface area contributed by atoms with E-state index in [0.717, 1.165) is 37.2 Å². The topological polar surface area (TPSA) is 58.4 Å². The molecule has 1 aliphatic rings. The van der Waals surface area contributed by atoms with Gasteiger partial charge in [-0.2, -0.15) is 5.10 Å². The molecule has 1 saturated heterocycles. The molecule has 1 aromatic heterocycles. The highest BCUT2D eigenvalue weighted by Gasteiger charge is 2.15. The molecule has 110 valence electrons. The molecule has 5 nitrogen and oxygen atoms in total. The molecule has 5 heteroatoms. The van der Waals surface area contributed by atoms with Gasteiger partial charge in [0.1, 0.15) is 0 Å². The van der Waals surface area contributed by atoms with Gasteiger partial charge in [0, 0.05) is 19.2 Å². The van der Waals surface area contributed by atoms with E-state index in [4.69, 9.17) is 0 Å². The van der Waals surface area contributed by atoms with Gasteiger partial charge in [-0.05, 0) is 18.4 Å². The van der Waals surface area contributed by atoms with Crippen LogP contribution < -0.4 is 10.5 Å². The molecule has 0 radical (unpaired) electrons. The van der Waals surface area contributed by atoms with E-state index >= 15 is 0 Å². The first kappa shape index (κ1) is 13.8. The summed E-state index contributed by atoms with van der Waals surface area (Å²) in [5.74, 6) is 0. The minimum Gasteiger partial charge on any atom is -0.386 e. The second-order valence-corrected chi connectivity index (χ2v) is 5.35. The van der Waals surface area contributed by atoms with Gasteiger partial charge in [-0.25, -0.2) is 4.68 Å². The van der Waals surface area contributed by atoms with Gasteiger partial charge in [0.05, 0.1) is 24.5 Å². The van der Waals surface area contributed by atoms with Crippen molar-refractivity contribution in [1.82, 2.24) is 9.78 Å². The number of benzene rings is 1. The summed E-state index contributed by atoms with van der Waals surface area (Å²) in [6.07, 6.45) is 3.31. The molecule has 1 unspecified atom stereocenters. The van der Waals surface area contributed by atoms with Crippen LogP contribution in [0.3, 0.4) is 0 Å². The van der Waals surface area contributed by atoms with Crippen LogP contribution in [-0.2, 0) is 6.54 Å². The average molecular weight is 285 g/mol. The zero-order valence-corrected chi connectivity index (χ0v) is 11.9. The van der Waals surface area contributed by atoms with Crippen LogP contribution in [0.2, 0.25) is 0 Å². The zero-order valence-electron chi connectivity index (χ0n) is 11.9. The first-order valence-electron chi connectivity index (χ1n) is 7.29. The summed E-state index contributed by atoms with van der Waals surface area (Å²) in [7, 11) is 0. The third kappa shape index (κ3) is 3.13. The Labute approximate surface area is 123 Å². The summed E-state index contributed by atoms with van der Waals surface area (Å²) in [6, 6.07) is 10.9. The van der Waals surface area contributed by atoms with Crippen LogP contribution in [0.1, 0.15) is 24.5 Å². The molecule has 1 N–H and O–H groups in total. The van der Waals surface area contributed by atoms with Gasteiger partial charge < -0.3 is 10.0 Å². The Balaban J connectivity index is 1.75. The zero-order chi connectivity index (χ0) is 14.7. The lowest BCUT2D eigenvalue weighted by molar-refractivity contribution is 0.149. The number of hydrogen-bond acceptors (Lipinski definition) is 4. The minimum absolute atomic E-state index is 0.170. The number of aliphatic hydroxyl groups is 1. The van der Waals surface area contributed by atoms with Crippen molar-refractivity contribution in [3.8, 4) is 0 Å². The van der Waals surface area contributed by atoms with Crippen molar-refractivity contribution in [2.24, 2.45) is 0 Å². The monoisotopic (exact) mass is 285 g/mol. The largest absolute Gasteiger partial charge is 0.386 e. The molecular weight excluding hydrogens is 266 g/mol. The van der Waals surface area contributed by atoms with E-state index in [-0.39, 0.29) is 12.1 Å². The fourth-order valence-corrected chi connectivity index (χ4v) is 2.65. The maximum Gasteiger partial charge on any atom is 0.268 e. The van der Waals surface area contributed by atoms with Gasteiger partial charge >= 0.3 is 0 Å². The maximum atomic E-state index is 12.1.